The molecule has 2 N–H and O–H groups in total. The van der Waals surface area contributed by atoms with Crippen LogP contribution in [0.4, 0.5) is 10.5 Å². The molecule has 3 atom stereocenters. The number of amides is 2. The second-order valence-corrected chi connectivity index (χ2v) is 12.7. The van der Waals surface area contributed by atoms with Gasteiger partial charge in [-0.25, -0.2) is 9.86 Å². The van der Waals surface area contributed by atoms with Crippen LogP contribution in [0.25, 0.3) is 0 Å². The molecule has 0 radical (unpaired) electrons. The Bertz CT molecular complexity index is 1490. The number of anilines is 1. The minimum absolute atomic E-state index is 0.182. The first-order valence-corrected chi connectivity index (χ1v) is 16.5. The topological polar surface area (TPSA) is 108 Å². The predicted octanol–water partition coefficient (Wildman–Crippen LogP) is 9.16. The molecule has 10 nitrogen and oxygen atoms in total. The zero-order valence-corrected chi connectivity index (χ0v) is 29.1. The van der Waals surface area contributed by atoms with Crippen molar-refractivity contribution in [1.82, 2.24) is 5.06 Å². The Kier molecular flexibility index (Phi) is 12.8. The molecule has 0 saturated carbocycles. The predicted molar refractivity (Wildman–Crippen MR) is 180 cm³/mol. The Hall–Kier alpha value is -3.22. The van der Waals surface area contributed by atoms with E-state index in [0.717, 1.165) is 28.9 Å². The van der Waals surface area contributed by atoms with Crippen LogP contribution in [0.2, 0.25) is 10.0 Å². The molecule has 2 amide bonds. The third-order valence-electron chi connectivity index (χ3n) is 7.42. The lowest BCUT2D eigenvalue weighted by Gasteiger charge is -2.24. The van der Waals surface area contributed by atoms with Gasteiger partial charge in [0.25, 0.3) is 0 Å². The average molecular weight is 696 g/mol. The van der Waals surface area contributed by atoms with E-state index in [0.29, 0.717) is 62.4 Å². The molecule has 3 unspecified atom stereocenters. The third kappa shape index (κ3) is 8.57. The van der Waals surface area contributed by atoms with Crippen LogP contribution in [0.5, 0.6) is 28.7 Å². The number of thioether (sulfide) groups is 1. The van der Waals surface area contributed by atoms with Gasteiger partial charge in [0.1, 0.15) is 5.44 Å². The molecule has 1 aliphatic rings. The summed E-state index contributed by atoms with van der Waals surface area (Å²) in [6.07, 6.45) is 2.32. The summed E-state index contributed by atoms with van der Waals surface area (Å²) in [5.74, 6) is 2.30. The summed E-state index contributed by atoms with van der Waals surface area (Å²) in [7, 11) is 6.24. The van der Waals surface area contributed by atoms with Gasteiger partial charge in [0, 0.05) is 4.90 Å². The Labute approximate surface area is 284 Å². The molecule has 0 spiro atoms. The molecule has 46 heavy (non-hydrogen) atoms. The van der Waals surface area contributed by atoms with E-state index in [1.54, 1.807) is 39.5 Å². The molecular formula is C33H40Cl2N2O8S. The second-order valence-electron chi connectivity index (χ2n) is 10.5. The number of carbonyl (C=O) groups excluding carboxylic acids is 1. The van der Waals surface area contributed by atoms with Gasteiger partial charge >= 0.3 is 6.03 Å². The van der Waals surface area contributed by atoms with Gasteiger partial charge < -0.3 is 33.7 Å². The van der Waals surface area contributed by atoms with E-state index in [1.807, 2.05) is 38.1 Å². The highest BCUT2D eigenvalue weighted by Gasteiger charge is 2.31. The minimum Gasteiger partial charge on any atom is -0.493 e. The van der Waals surface area contributed by atoms with Crippen LogP contribution in [0.1, 0.15) is 62.9 Å². The maximum absolute atomic E-state index is 13.0. The first-order valence-electron chi connectivity index (χ1n) is 14.8. The van der Waals surface area contributed by atoms with Crippen molar-refractivity contribution < 1.29 is 38.4 Å². The van der Waals surface area contributed by atoms with Crippen molar-refractivity contribution in [1.29, 1.82) is 0 Å². The van der Waals surface area contributed by atoms with Gasteiger partial charge in [0.05, 0.1) is 62.9 Å². The molecule has 1 fully saturated rings. The Morgan fingerprint density at radius 3 is 2.07 bits per heavy atom. The number of hydrogen-bond acceptors (Lipinski definition) is 9. The van der Waals surface area contributed by atoms with Crippen LogP contribution >= 0.6 is 35.0 Å². The first-order chi connectivity index (χ1) is 22.1. The summed E-state index contributed by atoms with van der Waals surface area (Å²) in [4.78, 5) is 13.9. The smallest absolute Gasteiger partial charge is 0.345 e. The number of ether oxygens (including phenoxy) is 6. The largest absolute Gasteiger partial charge is 0.493 e. The molecule has 250 valence electrons. The van der Waals surface area contributed by atoms with Crippen molar-refractivity contribution in [3.63, 3.8) is 0 Å². The maximum atomic E-state index is 13.0. The summed E-state index contributed by atoms with van der Waals surface area (Å²) in [6, 6.07) is 12.0. The number of benzene rings is 3. The lowest BCUT2D eigenvalue weighted by molar-refractivity contribution is -0.0379. The lowest BCUT2D eigenvalue weighted by Crippen LogP contribution is -2.33. The number of methoxy groups -OCH3 is 4. The number of carbonyl (C=O) groups is 1. The number of nitrogens with zero attached hydrogens (tertiary/aromatic N) is 1. The van der Waals surface area contributed by atoms with Crippen molar-refractivity contribution in [2.75, 3.05) is 40.3 Å². The number of hydrogen-bond donors (Lipinski definition) is 2. The third-order valence-corrected chi connectivity index (χ3v) is 9.12. The number of urea groups is 1. The monoisotopic (exact) mass is 694 g/mol. The number of halogens is 2. The molecule has 0 aromatic heterocycles. The van der Waals surface area contributed by atoms with Gasteiger partial charge in [-0.3, -0.25) is 5.21 Å². The quantitative estimate of drug-likeness (QED) is 0.0739. The molecule has 0 bridgehead atoms. The van der Waals surface area contributed by atoms with E-state index < -0.39 is 11.5 Å². The zero-order valence-electron chi connectivity index (χ0n) is 26.7. The molecule has 1 saturated heterocycles. The molecule has 1 aliphatic heterocycles. The van der Waals surface area contributed by atoms with E-state index in [4.69, 9.17) is 51.6 Å². The van der Waals surface area contributed by atoms with Gasteiger partial charge in [0.2, 0.25) is 5.75 Å². The van der Waals surface area contributed by atoms with Crippen LogP contribution in [0.3, 0.4) is 0 Å². The van der Waals surface area contributed by atoms with E-state index in [-0.39, 0.29) is 18.8 Å². The number of hydroxylamine groups is 2. The van der Waals surface area contributed by atoms with Crippen LogP contribution in [-0.4, -0.2) is 56.7 Å². The average Bonchev–Trinajstić information content (AvgIpc) is 3.55. The molecule has 3 aromatic rings. The lowest BCUT2D eigenvalue weighted by atomic mass is 10.0. The van der Waals surface area contributed by atoms with Crippen molar-refractivity contribution in [3.05, 3.63) is 63.6 Å². The van der Waals surface area contributed by atoms with Gasteiger partial charge in [-0.15, -0.1) is 0 Å². The van der Waals surface area contributed by atoms with Crippen molar-refractivity contribution >= 4 is 46.7 Å². The highest BCUT2D eigenvalue weighted by atomic mass is 35.5. The van der Waals surface area contributed by atoms with Crippen LogP contribution < -0.4 is 29.0 Å². The van der Waals surface area contributed by atoms with E-state index >= 15 is 0 Å². The number of nitrogens with one attached hydrogen (secondary N) is 1. The van der Waals surface area contributed by atoms with E-state index in [1.165, 1.54) is 18.9 Å². The minimum atomic E-state index is -0.690. The van der Waals surface area contributed by atoms with Crippen LogP contribution in [0, 0.1) is 0 Å². The highest BCUT2D eigenvalue weighted by molar-refractivity contribution is 7.99. The molecular weight excluding hydrogens is 655 g/mol. The normalized spacial score (nSPS) is 16.5. The highest BCUT2D eigenvalue weighted by Crippen LogP contribution is 2.48. The van der Waals surface area contributed by atoms with Gasteiger partial charge in [0.15, 0.2) is 23.0 Å². The molecule has 1 heterocycles. The van der Waals surface area contributed by atoms with Crippen LogP contribution in [0.15, 0.2) is 47.4 Å². The molecule has 3 aromatic carbocycles. The van der Waals surface area contributed by atoms with Crippen LogP contribution in [-0.2, 0) is 4.74 Å². The van der Waals surface area contributed by atoms with E-state index in [2.05, 4.69) is 5.32 Å². The second kappa shape index (κ2) is 16.6. The summed E-state index contributed by atoms with van der Waals surface area (Å²) in [5, 5.41) is 14.7. The van der Waals surface area contributed by atoms with Gasteiger partial charge in [-0.2, -0.15) is 0 Å². The zero-order chi connectivity index (χ0) is 33.4. The van der Waals surface area contributed by atoms with Gasteiger partial charge in [-0.1, -0.05) is 48.3 Å². The fourth-order valence-electron chi connectivity index (χ4n) is 5.11. The molecule has 13 heteroatoms. The Morgan fingerprint density at radius 2 is 1.52 bits per heavy atom. The van der Waals surface area contributed by atoms with E-state index in [9.17, 15) is 10.0 Å². The maximum Gasteiger partial charge on any atom is 0.345 e. The summed E-state index contributed by atoms with van der Waals surface area (Å²) in [5.41, 5.74) is 1.57. The standard InChI is InChI=1S/C33H40Cl2N2O8S/c1-7-8-13-37(39)33(38)36-25-14-20(15-28(40-3)31(25)44-19(2)46-22-9-10-23(34)24(35)18-22)26-11-12-27(45-26)21-16-29(41-4)32(43-6)30(17-21)42-5/h9-10,14-19,26-27,39H,7-8,11-13H2,1-6H3,(H,36,38). The fourth-order valence-corrected chi connectivity index (χ4v) is 6.33. The molecule has 0 aliphatic carbocycles. The Morgan fingerprint density at radius 1 is 0.935 bits per heavy atom. The fraction of sp³-hybridized carbons (Fsp3) is 0.424. The number of unbranched alkanes of at least 4 members (excludes halogenated alkanes) is 1. The SMILES string of the molecule is CCCCN(O)C(=O)Nc1cc(C2CCC(c3cc(OC)c(OC)c(OC)c3)O2)cc(OC)c1OC(C)Sc1ccc(Cl)c(Cl)c1. The first kappa shape index (κ1) is 35.6. The van der Waals surface area contributed by atoms with Crippen molar-refractivity contribution in [2.45, 2.75) is 62.1 Å². The van der Waals surface area contributed by atoms with Gasteiger partial charge in [-0.05, 0) is 79.8 Å². The van der Waals surface area contributed by atoms with Crippen molar-refractivity contribution in [3.8, 4) is 28.7 Å². The van der Waals surface area contributed by atoms with Crippen molar-refractivity contribution in [2.24, 2.45) is 0 Å². The summed E-state index contributed by atoms with van der Waals surface area (Å²) < 4.78 is 35.2. The number of rotatable bonds is 14. The molecule has 4 rings (SSSR count). The Balaban J connectivity index is 1.64. The summed E-state index contributed by atoms with van der Waals surface area (Å²) >= 11 is 13.7. The summed E-state index contributed by atoms with van der Waals surface area (Å²) in [6.45, 7) is 4.03.